The molecule has 0 saturated carbocycles. The van der Waals surface area contributed by atoms with Gasteiger partial charge >= 0.3 is 6.09 Å². The topological polar surface area (TPSA) is 59.0 Å². The number of carbonyl (C=O) groups is 1. The average Bonchev–Trinajstić information content (AvgIpc) is 2.66. The summed E-state index contributed by atoms with van der Waals surface area (Å²) in [7, 11) is 0. The van der Waals surface area contributed by atoms with Gasteiger partial charge in [0.05, 0.1) is 25.4 Å². The van der Waals surface area contributed by atoms with Crippen LogP contribution in [0.1, 0.15) is 39.2 Å². The Morgan fingerprint density at radius 1 is 1.30 bits per heavy atom. The molecule has 5 heteroatoms. The highest BCUT2D eigenvalue weighted by Crippen LogP contribution is 2.19. The number of carbonyl (C=O) groups excluding carboxylic acids is 1. The number of hydrogen-bond acceptors (Lipinski definition) is 4. The first-order valence-electron chi connectivity index (χ1n) is 8.17. The fourth-order valence-electron chi connectivity index (χ4n) is 2.57. The Morgan fingerprint density at radius 2 is 2.00 bits per heavy atom. The Morgan fingerprint density at radius 3 is 2.65 bits per heavy atom. The summed E-state index contributed by atoms with van der Waals surface area (Å²) in [6.45, 7) is 6.81. The first-order chi connectivity index (χ1) is 10.8. The van der Waals surface area contributed by atoms with Crippen LogP contribution in [-0.4, -0.2) is 47.0 Å². The van der Waals surface area contributed by atoms with Crippen LogP contribution in [-0.2, 0) is 16.1 Å². The number of aliphatic hydroxyl groups is 1. The fourth-order valence-corrected chi connectivity index (χ4v) is 2.57. The summed E-state index contributed by atoms with van der Waals surface area (Å²) >= 11 is 0. The summed E-state index contributed by atoms with van der Waals surface area (Å²) in [6.07, 6.45) is 0.180. The maximum Gasteiger partial charge on any atom is 0.410 e. The number of β-amino-alcohol motifs (C(OH)–C–C–N with tert-alkyl or cyclic N) is 1. The average molecular weight is 321 g/mol. The molecule has 0 spiro atoms. The second kappa shape index (κ2) is 7.79. The molecule has 1 N–H and O–H groups in total. The van der Waals surface area contributed by atoms with Crippen molar-refractivity contribution >= 4 is 6.09 Å². The van der Waals surface area contributed by atoms with Gasteiger partial charge in [-0.05, 0) is 39.2 Å². The quantitative estimate of drug-likeness (QED) is 0.930. The number of ether oxygens (including phenoxy) is 2. The van der Waals surface area contributed by atoms with Crippen molar-refractivity contribution < 1.29 is 19.4 Å². The lowest BCUT2D eigenvalue weighted by Gasteiger charge is -2.28. The van der Waals surface area contributed by atoms with Crippen molar-refractivity contribution in [3.05, 3.63) is 35.9 Å². The Hall–Kier alpha value is -1.59. The normalized spacial score (nSPS) is 22.5. The zero-order chi connectivity index (χ0) is 16.9. The molecular weight excluding hydrogens is 294 g/mol. The van der Waals surface area contributed by atoms with Crippen LogP contribution in [0.2, 0.25) is 0 Å². The minimum Gasteiger partial charge on any atom is -0.444 e. The van der Waals surface area contributed by atoms with E-state index in [9.17, 15) is 9.90 Å². The van der Waals surface area contributed by atoms with Crippen molar-refractivity contribution in [3.8, 4) is 0 Å². The van der Waals surface area contributed by atoms with Crippen molar-refractivity contribution in [1.29, 1.82) is 0 Å². The van der Waals surface area contributed by atoms with E-state index < -0.39 is 11.7 Å². The number of hydrogen-bond donors (Lipinski definition) is 1. The van der Waals surface area contributed by atoms with Crippen LogP contribution in [0, 0.1) is 0 Å². The molecule has 1 heterocycles. The van der Waals surface area contributed by atoms with E-state index in [0.29, 0.717) is 13.2 Å². The number of likely N-dealkylation sites (tertiary alicyclic amines) is 1. The predicted octanol–water partition coefficient (Wildman–Crippen LogP) is 2.96. The molecule has 0 radical (unpaired) electrons. The van der Waals surface area contributed by atoms with Crippen molar-refractivity contribution in [1.82, 2.24) is 4.90 Å². The highest BCUT2D eigenvalue weighted by Gasteiger charge is 2.30. The molecule has 5 nitrogen and oxygen atoms in total. The summed E-state index contributed by atoms with van der Waals surface area (Å²) in [6, 6.07) is 9.88. The Labute approximate surface area is 138 Å². The maximum absolute atomic E-state index is 12.1. The molecule has 0 aliphatic carbocycles. The van der Waals surface area contributed by atoms with Gasteiger partial charge < -0.3 is 19.5 Å². The first kappa shape index (κ1) is 17.8. The highest BCUT2D eigenvalue weighted by atomic mass is 16.6. The molecule has 1 aliphatic heterocycles. The van der Waals surface area contributed by atoms with E-state index in [1.165, 1.54) is 0 Å². The monoisotopic (exact) mass is 321 g/mol. The lowest BCUT2D eigenvalue weighted by atomic mass is 10.1. The lowest BCUT2D eigenvalue weighted by Crippen LogP contribution is -2.42. The van der Waals surface area contributed by atoms with Gasteiger partial charge in [-0.1, -0.05) is 30.3 Å². The molecule has 2 atom stereocenters. The number of benzene rings is 1. The molecule has 1 aromatic carbocycles. The van der Waals surface area contributed by atoms with Crippen molar-refractivity contribution in [3.63, 3.8) is 0 Å². The van der Waals surface area contributed by atoms with Gasteiger partial charge in [-0.3, -0.25) is 0 Å². The van der Waals surface area contributed by atoms with Gasteiger partial charge in [0, 0.05) is 6.54 Å². The second-order valence-electron chi connectivity index (χ2n) is 6.97. The minimum atomic E-state index is -0.700. The highest BCUT2D eigenvalue weighted by molar-refractivity contribution is 5.68. The van der Waals surface area contributed by atoms with Crippen LogP contribution >= 0.6 is 0 Å². The molecule has 0 aromatic heterocycles. The molecule has 128 valence electrons. The summed E-state index contributed by atoms with van der Waals surface area (Å²) in [5.41, 5.74) is 0.547. The largest absolute Gasteiger partial charge is 0.444 e. The van der Waals surface area contributed by atoms with Gasteiger partial charge in [0.1, 0.15) is 5.60 Å². The van der Waals surface area contributed by atoms with Crippen molar-refractivity contribution in [2.24, 2.45) is 0 Å². The molecule has 23 heavy (non-hydrogen) atoms. The van der Waals surface area contributed by atoms with Crippen LogP contribution in [0.15, 0.2) is 30.3 Å². The lowest BCUT2D eigenvalue weighted by molar-refractivity contribution is -0.0522. The van der Waals surface area contributed by atoms with E-state index in [0.717, 1.165) is 18.4 Å². The Bertz CT molecular complexity index is 497. The van der Waals surface area contributed by atoms with E-state index in [-0.39, 0.29) is 18.7 Å². The van der Waals surface area contributed by atoms with Crippen LogP contribution in [0.5, 0.6) is 0 Å². The number of aliphatic hydroxyl groups excluding tert-OH is 1. The third-order valence-electron chi connectivity index (χ3n) is 3.71. The predicted molar refractivity (Wildman–Crippen MR) is 88.1 cm³/mol. The minimum absolute atomic E-state index is 0.244. The maximum atomic E-state index is 12.1. The molecule has 1 aromatic rings. The molecule has 0 unspecified atom stereocenters. The van der Waals surface area contributed by atoms with Crippen molar-refractivity contribution in [2.45, 2.75) is 58.0 Å². The van der Waals surface area contributed by atoms with E-state index in [1.807, 2.05) is 51.1 Å². The van der Waals surface area contributed by atoms with Gasteiger partial charge in [0.25, 0.3) is 0 Å². The summed E-state index contributed by atoms with van der Waals surface area (Å²) in [5, 5.41) is 10.4. The van der Waals surface area contributed by atoms with Gasteiger partial charge in [-0.25, -0.2) is 4.79 Å². The second-order valence-corrected chi connectivity index (χ2v) is 6.97. The van der Waals surface area contributed by atoms with Crippen LogP contribution in [0.3, 0.4) is 0 Å². The third kappa shape index (κ3) is 5.84. The van der Waals surface area contributed by atoms with E-state index >= 15 is 0 Å². The van der Waals surface area contributed by atoms with Crippen LogP contribution < -0.4 is 0 Å². The molecule has 2 rings (SSSR count). The molecular formula is C18H27NO4. The number of amides is 1. The molecule has 0 bridgehead atoms. The molecule has 1 saturated heterocycles. The Kier molecular flexibility index (Phi) is 6.02. The summed E-state index contributed by atoms with van der Waals surface area (Å²) in [5.74, 6) is 0. The summed E-state index contributed by atoms with van der Waals surface area (Å²) in [4.78, 5) is 13.7. The SMILES string of the molecule is CC(C)(C)OC(=O)N1CCC[C@@H](OCc2ccccc2)[C@H](O)C1. The fraction of sp³-hybridized carbons (Fsp3) is 0.611. The van der Waals surface area contributed by atoms with Crippen LogP contribution in [0.25, 0.3) is 0 Å². The third-order valence-corrected chi connectivity index (χ3v) is 3.71. The van der Waals surface area contributed by atoms with Gasteiger partial charge in [-0.15, -0.1) is 0 Å². The molecule has 1 aliphatic rings. The number of nitrogens with zero attached hydrogens (tertiary/aromatic N) is 1. The van der Waals surface area contributed by atoms with Crippen LogP contribution in [0.4, 0.5) is 4.79 Å². The number of rotatable bonds is 3. The molecule has 1 fully saturated rings. The van der Waals surface area contributed by atoms with E-state index in [1.54, 1.807) is 4.90 Å². The van der Waals surface area contributed by atoms with Gasteiger partial charge in [0.15, 0.2) is 0 Å². The van der Waals surface area contributed by atoms with E-state index in [2.05, 4.69) is 0 Å². The summed E-state index contributed by atoms with van der Waals surface area (Å²) < 4.78 is 11.2. The first-order valence-corrected chi connectivity index (χ1v) is 8.17. The molecule has 1 amide bonds. The Balaban J connectivity index is 1.88. The van der Waals surface area contributed by atoms with Gasteiger partial charge in [0.2, 0.25) is 0 Å². The van der Waals surface area contributed by atoms with Gasteiger partial charge in [-0.2, -0.15) is 0 Å². The zero-order valence-corrected chi connectivity index (χ0v) is 14.2. The zero-order valence-electron chi connectivity index (χ0n) is 14.2. The van der Waals surface area contributed by atoms with E-state index in [4.69, 9.17) is 9.47 Å². The standard InChI is InChI=1S/C18H27NO4/c1-18(2,3)23-17(21)19-11-7-10-16(15(20)12-19)22-13-14-8-5-4-6-9-14/h4-6,8-9,15-16,20H,7,10-13H2,1-3H3/t15-,16-/m1/s1. The van der Waals surface area contributed by atoms with Crippen molar-refractivity contribution in [2.75, 3.05) is 13.1 Å². The smallest absolute Gasteiger partial charge is 0.410 e.